The van der Waals surface area contributed by atoms with Gasteiger partial charge in [-0.25, -0.2) is 0 Å². The Balaban J connectivity index is 2.11. The van der Waals surface area contributed by atoms with Gasteiger partial charge < -0.3 is 10.6 Å². The topological polar surface area (TPSA) is 58.2 Å². The van der Waals surface area contributed by atoms with E-state index in [1.807, 2.05) is 26.0 Å². The summed E-state index contributed by atoms with van der Waals surface area (Å²) >= 11 is 9.39. The van der Waals surface area contributed by atoms with Crippen LogP contribution in [0.15, 0.2) is 53.0 Å². The van der Waals surface area contributed by atoms with Gasteiger partial charge in [0.05, 0.1) is 10.6 Å². The molecule has 6 heteroatoms. The molecule has 0 saturated carbocycles. The molecule has 2 rings (SSSR count). The first kappa shape index (κ1) is 18.5. The van der Waals surface area contributed by atoms with Crippen molar-refractivity contribution in [1.82, 2.24) is 5.32 Å². The van der Waals surface area contributed by atoms with Crippen molar-refractivity contribution in [2.75, 3.05) is 5.32 Å². The molecule has 4 nitrogen and oxygen atoms in total. The van der Waals surface area contributed by atoms with E-state index in [0.717, 1.165) is 4.47 Å². The Morgan fingerprint density at radius 1 is 1.04 bits per heavy atom. The summed E-state index contributed by atoms with van der Waals surface area (Å²) in [5.41, 5.74) is 1.02. The first-order valence-electron chi connectivity index (χ1n) is 7.50. The van der Waals surface area contributed by atoms with Crippen molar-refractivity contribution in [3.05, 3.63) is 63.6 Å². The molecule has 2 N–H and O–H groups in total. The van der Waals surface area contributed by atoms with Gasteiger partial charge in [0.25, 0.3) is 5.91 Å². The highest BCUT2D eigenvalue weighted by molar-refractivity contribution is 9.10. The number of halogens is 2. The van der Waals surface area contributed by atoms with Crippen LogP contribution in [0.3, 0.4) is 0 Å². The summed E-state index contributed by atoms with van der Waals surface area (Å²) in [6.07, 6.45) is 0. The fourth-order valence-corrected chi connectivity index (χ4v) is 2.64. The molecular formula is C18H18BrClN2O2. The summed E-state index contributed by atoms with van der Waals surface area (Å²) < 4.78 is 0.924. The molecule has 0 bridgehead atoms. The SMILES string of the molecule is CC(C)[C@H](NC(=O)c1ccccc1Cl)C(=O)Nc1ccc(Br)cc1. The smallest absolute Gasteiger partial charge is 0.253 e. The van der Waals surface area contributed by atoms with E-state index in [4.69, 9.17) is 11.6 Å². The predicted octanol–water partition coefficient (Wildman–Crippen LogP) is 4.50. The lowest BCUT2D eigenvalue weighted by Crippen LogP contribution is -2.47. The van der Waals surface area contributed by atoms with Gasteiger partial charge in [-0.3, -0.25) is 9.59 Å². The number of carbonyl (C=O) groups is 2. The second kappa shape index (κ2) is 8.31. The molecule has 0 radical (unpaired) electrons. The van der Waals surface area contributed by atoms with Crippen molar-refractivity contribution in [3.63, 3.8) is 0 Å². The Labute approximate surface area is 154 Å². The highest BCUT2D eigenvalue weighted by Crippen LogP contribution is 2.17. The number of hydrogen-bond acceptors (Lipinski definition) is 2. The molecule has 0 unspecified atom stereocenters. The number of carbonyl (C=O) groups excluding carboxylic acids is 2. The third kappa shape index (κ3) is 4.82. The lowest BCUT2D eigenvalue weighted by molar-refractivity contribution is -0.118. The lowest BCUT2D eigenvalue weighted by Gasteiger charge is -2.22. The second-order valence-electron chi connectivity index (χ2n) is 5.67. The van der Waals surface area contributed by atoms with Crippen LogP contribution in [0.4, 0.5) is 5.69 Å². The van der Waals surface area contributed by atoms with E-state index in [9.17, 15) is 9.59 Å². The van der Waals surface area contributed by atoms with Crippen LogP contribution in [0.1, 0.15) is 24.2 Å². The molecule has 2 aromatic rings. The molecule has 0 spiro atoms. The Bertz CT molecular complexity index is 732. The van der Waals surface area contributed by atoms with Crippen molar-refractivity contribution in [1.29, 1.82) is 0 Å². The van der Waals surface area contributed by atoms with Gasteiger partial charge in [-0.1, -0.05) is 53.5 Å². The predicted molar refractivity (Wildman–Crippen MR) is 100 cm³/mol. The van der Waals surface area contributed by atoms with Gasteiger partial charge in [-0.05, 0) is 42.3 Å². The standard InChI is InChI=1S/C18H18BrClN2O2/c1-11(2)16(18(24)21-13-9-7-12(19)8-10-13)22-17(23)14-5-3-4-6-15(14)20/h3-11,16H,1-2H3,(H,21,24)(H,22,23)/t16-/m0/s1. The van der Waals surface area contributed by atoms with Crippen LogP contribution in [-0.4, -0.2) is 17.9 Å². The number of benzene rings is 2. The highest BCUT2D eigenvalue weighted by Gasteiger charge is 2.25. The Morgan fingerprint density at radius 3 is 2.25 bits per heavy atom. The minimum absolute atomic E-state index is 0.0770. The molecule has 0 fully saturated rings. The van der Waals surface area contributed by atoms with E-state index in [2.05, 4.69) is 26.6 Å². The second-order valence-corrected chi connectivity index (χ2v) is 6.99. The van der Waals surface area contributed by atoms with Gasteiger partial charge >= 0.3 is 0 Å². The van der Waals surface area contributed by atoms with Crippen LogP contribution in [0.25, 0.3) is 0 Å². The molecule has 0 saturated heterocycles. The van der Waals surface area contributed by atoms with Gasteiger partial charge in [0, 0.05) is 10.2 Å². The van der Waals surface area contributed by atoms with E-state index in [1.165, 1.54) is 0 Å². The van der Waals surface area contributed by atoms with Crippen LogP contribution < -0.4 is 10.6 Å². The number of rotatable bonds is 5. The summed E-state index contributed by atoms with van der Waals surface area (Å²) in [6.45, 7) is 3.75. The first-order valence-corrected chi connectivity index (χ1v) is 8.67. The Kier molecular flexibility index (Phi) is 6.40. The maximum absolute atomic E-state index is 12.5. The normalized spacial score (nSPS) is 11.9. The minimum atomic E-state index is -0.669. The molecule has 24 heavy (non-hydrogen) atoms. The molecule has 1 atom stereocenters. The Hall–Kier alpha value is -1.85. The zero-order valence-corrected chi connectivity index (χ0v) is 15.7. The average Bonchev–Trinajstić information content (AvgIpc) is 2.54. The van der Waals surface area contributed by atoms with Crippen LogP contribution in [0.5, 0.6) is 0 Å². The highest BCUT2D eigenvalue weighted by atomic mass is 79.9. The maximum atomic E-state index is 12.5. The van der Waals surface area contributed by atoms with Crippen molar-refractivity contribution in [2.24, 2.45) is 5.92 Å². The summed E-state index contributed by atoms with van der Waals surface area (Å²) in [5, 5.41) is 5.93. The van der Waals surface area contributed by atoms with E-state index in [1.54, 1.807) is 36.4 Å². The van der Waals surface area contributed by atoms with Crippen LogP contribution in [0, 0.1) is 5.92 Å². The zero-order chi connectivity index (χ0) is 17.7. The van der Waals surface area contributed by atoms with Crippen molar-refractivity contribution >= 4 is 45.0 Å². The van der Waals surface area contributed by atoms with E-state index >= 15 is 0 Å². The zero-order valence-electron chi connectivity index (χ0n) is 13.3. The molecule has 0 aliphatic rings. The van der Waals surface area contributed by atoms with Crippen molar-refractivity contribution in [3.8, 4) is 0 Å². The van der Waals surface area contributed by atoms with Gasteiger partial charge in [0.15, 0.2) is 0 Å². The van der Waals surface area contributed by atoms with Crippen LogP contribution in [-0.2, 0) is 4.79 Å². The largest absolute Gasteiger partial charge is 0.340 e. The quantitative estimate of drug-likeness (QED) is 0.764. The number of hydrogen-bond donors (Lipinski definition) is 2. The Morgan fingerprint density at radius 2 is 1.67 bits per heavy atom. The summed E-state index contributed by atoms with van der Waals surface area (Å²) in [7, 11) is 0. The maximum Gasteiger partial charge on any atom is 0.253 e. The van der Waals surface area contributed by atoms with Crippen molar-refractivity contribution < 1.29 is 9.59 Å². The first-order chi connectivity index (χ1) is 11.4. The van der Waals surface area contributed by atoms with Gasteiger partial charge in [0.1, 0.15) is 6.04 Å². The monoisotopic (exact) mass is 408 g/mol. The molecular weight excluding hydrogens is 392 g/mol. The molecule has 0 aliphatic heterocycles. The molecule has 0 heterocycles. The number of nitrogens with one attached hydrogen (secondary N) is 2. The molecule has 2 aromatic carbocycles. The summed E-state index contributed by atoms with van der Waals surface area (Å²) in [4.78, 5) is 24.9. The number of amides is 2. The van der Waals surface area contributed by atoms with Crippen LogP contribution in [0.2, 0.25) is 5.02 Å². The van der Waals surface area contributed by atoms with E-state index < -0.39 is 6.04 Å². The number of anilines is 1. The lowest BCUT2D eigenvalue weighted by atomic mass is 10.0. The molecule has 0 aromatic heterocycles. The minimum Gasteiger partial charge on any atom is -0.340 e. The molecule has 2 amide bonds. The molecule has 126 valence electrons. The molecule has 0 aliphatic carbocycles. The van der Waals surface area contributed by atoms with E-state index in [-0.39, 0.29) is 17.7 Å². The van der Waals surface area contributed by atoms with Gasteiger partial charge in [-0.15, -0.1) is 0 Å². The fraction of sp³-hybridized carbons (Fsp3) is 0.222. The summed E-state index contributed by atoms with van der Waals surface area (Å²) in [5.74, 6) is -0.718. The third-order valence-corrected chi connectivity index (χ3v) is 4.32. The third-order valence-electron chi connectivity index (χ3n) is 3.47. The average molecular weight is 410 g/mol. The van der Waals surface area contributed by atoms with Crippen molar-refractivity contribution in [2.45, 2.75) is 19.9 Å². The van der Waals surface area contributed by atoms with Gasteiger partial charge in [-0.2, -0.15) is 0 Å². The van der Waals surface area contributed by atoms with Crippen LogP contribution >= 0.6 is 27.5 Å². The van der Waals surface area contributed by atoms with Gasteiger partial charge in [0.2, 0.25) is 5.91 Å². The van der Waals surface area contributed by atoms with E-state index in [0.29, 0.717) is 16.3 Å². The summed E-state index contributed by atoms with van der Waals surface area (Å²) in [6, 6.07) is 13.3. The fourth-order valence-electron chi connectivity index (χ4n) is 2.15.